The van der Waals surface area contributed by atoms with Crippen LogP contribution in [0.3, 0.4) is 0 Å². The van der Waals surface area contributed by atoms with Crippen LogP contribution in [-0.2, 0) is 4.84 Å². The van der Waals surface area contributed by atoms with Crippen molar-refractivity contribution < 1.29 is 14.4 Å². The summed E-state index contributed by atoms with van der Waals surface area (Å²) in [6, 6.07) is 16.0. The molecule has 0 fully saturated rings. The van der Waals surface area contributed by atoms with E-state index in [1.165, 1.54) is 13.2 Å². The molecular formula is C17H13NO3. The second-order valence-electron chi connectivity index (χ2n) is 4.59. The second kappa shape index (κ2) is 5.34. The first-order chi connectivity index (χ1) is 10.2. The molecule has 0 N–H and O–H groups in total. The number of carbonyl (C=O) groups excluding carboxylic acids is 2. The summed E-state index contributed by atoms with van der Waals surface area (Å²) in [5.41, 5.74) is 2.27. The van der Waals surface area contributed by atoms with Crippen molar-refractivity contribution >= 4 is 17.4 Å². The van der Waals surface area contributed by atoms with Gasteiger partial charge in [-0.3, -0.25) is 14.4 Å². The first kappa shape index (κ1) is 13.3. The average Bonchev–Trinajstić information content (AvgIpc) is 2.80. The summed E-state index contributed by atoms with van der Waals surface area (Å²) >= 11 is 0. The van der Waals surface area contributed by atoms with Crippen molar-refractivity contribution in [2.75, 3.05) is 7.11 Å². The fourth-order valence-electron chi connectivity index (χ4n) is 2.35. The third kappa shape index (κ3) is 2.26. The normalized spacial score (nSPS) is 15.4. The van der Waals surface area contributed by atoms with Gasteiger partial charge in [-0.2, -0.15) is 5.06 Å². The third-order valence-electron chi connectivity index (χ3n) is 3.35. The van der Waals surface area contributed by atoms with E-state index in [-0.39, 0.29) is 11.7 Å². The first-order valence-electron chi connectivity index (χ1n) is 6.51. The lowest BCUT2D eigenvalue weighted by atomic mass is 10.1. The van der Waals surface area contributed by atoms with Gasteiger partial charge in [0.1, 0.15) is 0 Å². The summed E-state index contributed by atoms with van der Waals surface area (Å²) in [4.78, 5) is 29.6. The van der Waals surface area contributed by atoms with Crippen LogP contribution in [0.1, 0.15) is 26.3 Å². The van der Waals surface area contributed by atoms with Crippen molar-refractivity contribution in [3.05, 3.63) is 77.4 Å². The number of allylic oxidation sites excluding steroid dienone is 1. The topological polar surface area (TPSA) is 46.6 Å². The number of benzene rings is 2. The summed E-state index contributed by atoms with van der Waals surface area (Å²) in [6.45, 7) is 0. The van der Waals surface area contributed by atoms with E-state index in [1.54, 1.807) is 42.5 Å². The van der Waals surface area contributed by atoms with Gasteiger partial charge in [-0.25, -0.2) is 0 Å². The number of rotatable bonds is 3. The van der Waals surface area contributed by atoms with Gasteiger partial charge in [0.2, 0.25) is 0 Å². The molecule has 1 aliphatic rings. The Kier molecular flexibility index (Phi) is 3.38. The lowest BCUT2D eigenvalue weighted by Crippen LogP contribution is -2.22. The minimum Gasteiger partial charge on any atom is -0.289 e. The van der Waals surface area contributed by atoms with E-state index in [4.69, 9.17) is 4.84 Å². The van der Waals surface area contributed by atoms with Crippen LogP contribution in [0.4, 0.5) is 0 Å². The minimum absolute atomic E-state index is 0.169. The van der Waals surface area contributed by atoms with Crippen LogP contribution in [0.15, 0.2) is 60.7 Å². The Labute approximate surface area is 122 Å². The maximum atomic E-state index is 12.3. The molecule has 0 unspecified atom stereocenters. The zero-order valence-electron chi connectivity index (χ0n) is 11.4. The summed E-state index contributed by atoms with van der Waals surface area (Å²) in [5, 5.41) is 1.14. The van der Waals surface area contributed by atoms with E-state index in [2.05, 4.69) is 0 Å². The highest BCUT2D eigenvalue weighted by molar-refractivity contribution is 6.15. The van der Waals surface area contributed by atoms with Crippen LogP contribution in [0.5, 0.6) is 0 Å². The molecule has 4 nitrogen and oxygen atoms in total. The molecule has 104 valence electrons. The van der Waals surface area contributed by atoms with Crippen molar-refractivity contribution in [3.8, 4) is 0 Å². The standard InChI is InChI=1S/C17H13NO3/c1-21-18-15(11-16(19)12-7-3-2-4-8-12)13-9-5-6-10-14(13)17(18)20/h2-11H,1H3/b15-11+. The van der Waals surface area contributed by atoms with Crippen molar-refractivity contribution in [3.63, 3.8) is 0 Å². The predicted molar refractivity (Wildman–Crippen MR) is 78.4 cm³/mol. The Morgan fingerprint density at radius 1 is 1.00 bits per heavy atom. The van der Waals surface area contributed by atoms with Gasteiger partial charge in [0.25, 0.3) is 5.91 Å². The van der Waals surface area contributed by atoms with E-state index in [9.17, 15) is 9.59 Å². The largest absolute Gasteiger partial charge is 0.289 e. The minimum atomic E-state index is -0.264. The molecule has 0 spiro atoms. The van der Waals surface area contributed by atoms with E-state index in [0.29, 0.717) is 22.4 Å². The monoisotopic (exact) mass is 279 g/mol. The molecule has 3 rings (SSSR count). The van der Waals surface area contributed by atoms with Gasteiger partial charge in [-0.1, -0.05) is 48.5 Å². The zero-order valence-corrected chi connectivity index (χ0v) is 11.4. The van der Waals surface area contributed by atoms with Crippen LogP contribution in [0.2, 0.25) is 0 Å². The fourth-order valence-corrected chi connectivity index (χ4v) is 2.35. The lowest BCUT2D eigenvalue weighted by Gasteiger charge is -2.14. The molecule has 0 aliphatic carbocycles. The summed E-state index contributed by atoms with van der Waals surface area (Å²) in [6.07, 6.45) is 1.43. The Hall–Kier alpha value is -2.72. The highest BCUT2D eigenvalue weighted by atomic mass is 16.7. The molecule has 0 atom stereocenters. The Balaban J connectivity index is 2.06. The molecule has 4 heteroatoms. The smallest absolute Gasteiger partial charge is 0.282 e. The molecule has 0 saturated carbocycles. The molecule has 0 bridgehead atoms. The number of nitrogens with zero attached hydrogens (tertiary/aromatic N) is 1. The van der Waals surface area contributed by atoms with Gasteiger partial charge < -0.3 is 0 Å². The van der Waals surface area contributed by atoms with Gasteiger partial charge in [0.15, 0.2) is 5.78 Å². The van der Waals surface area contributed by atoms with Crippen molar-refractivity contribution in [1.29, 1.82) is 0 Å². The number of ketones is 1. The molecule has 2 aromatic carbocycles. The van der Waals surface area contributed by atoms with Gasteiger partial charge in [-0.15, -0.1) is 0 Å². The van der Waals surface area contributed by atoms with E-state index in [0.717, 1.165) is 5.06 Å². The van der Waals surface area contributed by atoms with Crippen LogP contribution in [0.25, 0.3) is 5.70 Å². The number of carbonyl (C=O) groups is 2. The van der Waals surface area contributed by atoms with Gasteiger partial charge in [-0.05, 0) is 6.07 Å². The maximum Gasteiger partial charge on any atom is 0.282 e. The Morgan fingerprint density at radius 2 is 1.62 bits per heavy atom. The van der Waals surface area contributed by atoms with Crippen LogP contribution in [0, 0.1) is 0 Å². The molecule has 1 heterocycles. The van der Waals surface area contributed by atoms with E-state index >= 15 is 0 Å². The molecule has 0 saturated heterocycles. The SMILES string of the molecule is CON1C(=O)c2ccccc2/C1=C\C(=O)c1ccccc1. The molecular weight excluding hydrogens is 266 g/mol. The molecule has 1 amide bonds. The molecule has 1 aliphatic heterocycles. The van der Waals surface area contributed by atoms with E-state index in [1.807, 2.05) is 12.1 Å². The molecule has 21 heavy (non-hydrogen) atoms. The van der Waals surface area contributed by atoms with Gasteiger partial charge >= 0.3 is 0 Å². The van der Waals surface area contributed by atoms with Gasteiger partial charge in [0, 0.05) is 17.2 Å². The fraction of sp³-hybridized carbons (Fsp3) is 0.0588. The quantitative estimate of drug-likeness (QED) is 0.641. The lowest BCUT2D eigenvalue weighted by molar-refractivity contribution is -0.0456. The number of amides is 1. The average molecular weight is 279 g/mol. The maximum absolute atomic E-state index is 12.3. The highest BCUT2D eigenvalue weighted by Gasteiger charge is 2.33. The summed E-state index contributed by atoms with van der Waals surface area (Å²) in [5.74, 6) is -0.433. The highest BCUT2D eigenvalue weighted by Crippen LogP contribution is 2.32. The number of hydrogen-bond donors (Lipinski definition) is 0. The molecule has 0 radical (unpaired) electrons. The van der Waals surface area contributed by atoms with Crippen molar-refractivity contribution in [2.45, 2.75) is 0 Å². The third-order valence-corrected chi connectivity index (χ3v) is 3.35. The van der Waals surface area contributed by atoms with Crippen LogP contribution in [-0.4, -0.2) is 23.9 Å². The van der Waals surface area contributed by atoms with Crippen LogP contribution < -0.4 is 0 Å². The molecule has 2 aromatic rings. The number of hydrogen-bond acceptors (Lipinski definition) is 3. The Bertz CT molecular complexity index is 735. The molecule has 0 aromatic heterocycles. The van der Waals surface area contributed by atoms with Gasteiger partial charge in [0.05, 0.1) is 18.4 Å². The summed E-state index contributed by atoms with van der Waals surface area (Å²) in [7, 11) is 1.41. The zero-order chi connectivity index (χ0) is 14.8. The summed E-state index contributed by atoms with van der Waals surface area (Å²) < 4.78 is 0. The first-order valence-corrected chi connectivity index (χ1v) is 6.51. The predicted octanol–water partition coefficient (Wildman–Crippen LogP) is 2.93. The number of hydroxylamine groups is 2. The van der Waals surface area contributed by atoms with Crippen LogP contribution >= 0.6 is 0 Å². The van der Waals surface area contributed by atoms with Crippen molar-refractivity contribution in [1.82, 2.24) is 5.06 Å². The van der Waals surface area contributed by atoms with Crippen molar-refractivity contribution in [2.24, 2.45) is 0 Å². The Morgan fingerprint density at radius 3 is 2.29 bits per heavy atom. The van der Waals surface area contributed by atoms with E-state index < -0.39 is 0 Å². The second-order valence-corrected chi connectivity index (χ2v) is 4.59. The number of fused-ring (bicyclic) bond motifs is 1.